The number of thioether (sulfide) groups is 1. The summed E-state index contributed by atoms with van der Waals surface area (Å²) in [6.07, 6.45) is 0. The SMILES string of the molecule is CC(C)(C)c1ccc(-c2nnc(SCc3nc4scc(-c5ccccc5)c4c(=O)[nH]3)n2N)cc1. The standard InChI is InChI=1S/C25H24N6OS2/c1-25(2,3)17-11-9-16(10-12-17)21-29-30-24(31(21)26)34-14-19-27-22(32)20-18(13-33-23(20)28-19)15-7-5-4-6-8-15/h4-13H,14,26H2,1-3H3,(H,27,28,32). The van der Waals surface area contributed by atoms with Crippen LogP contribution in [0.4, 0.5) is 0 Å². The van der Waals surface area contributed by atoms with E-state index in [-0.39, 0.29) is 11.0 Å². The van der Waals surface area contributed by atoms with Crippen molar-refractivity contribution in [3.63, 3.8) is 0 Å². The van der Waals surface area contributed by atoms with E-state index in [2.05, 4.69) is 53.1 Å². The third-order valence-corrected chi connectivity index (χ3v) is 7.42. The van der Waals surface area contributed by atoms with Gasteiger partial charge in [-0.25, -0.2) is 9.66 Å². The zero-order valence-electron chi connectivity index (χ0n) is 19.1. The minimum atomic E-state index is -0.144. The fourth-order valence-electron chi connectivity index (χ4n) is 3.72. The number of nitrogens with one attached hydrogen (secondary N) is 1. The minimum absolute atomic E-state index is 0.0748. The van der Waals surface area contributed by atoms with Gasteiger partial charge >= 0.3 is 0 Å². The van der Waals surface area contributed by atoms with Gasteiger partial charge in [0.05, 0.1) is 11.1 Å². The average molecular weight is 489 g/mol. The van der Waals surface area contributed by atoms with Crippen molar-refractivity contribution in [2.24, 2.45) is 0 Å². The zero-order valence-corrected chi connectivity index (χ0v) is 20.7. The molecule has 0 saturated carbocycles. The lowest BCUT2D eigenvalue weighted by atomic mass is 9.87. The first-order valence-electron chi connectivity index (χ1n) is 10.8. The molecule has 9 heteroatoms. The van der Waals surface area contributed by atoms with Crippen LogP contribution in [0.15, 0.2) is 69.9 Å². The van der Waals surface area contributed by atoms with Gasteiger partial charge in [-0.3, -0.25) is 4.79 Å². The fourth-order valence-corrected chi connectivity index (χ4v) is 5.41. The van der Waals surface area contributed by atoms with Crippen LogP contribution in [0.5, 0.6) is 0 Å². The summed E-state index contributed by atoms with van der Waals surface area (Å²) in [5.41, 5.74) is 3.97. The van der Waals surface area contributed by atoms with Gasteiger partial charge in [-0.05, 0) is 16.5 Å². The van der Waals surface area contributed by atoms with Gasteiger partial charge in [0.2, 0.25) is 5.16 Å². The molecular weight excluding hydrogens is 464 g/mol. The molecule has 2 aromatic carbocycles. The summed E-state index contributed by atoms with van der Waals surface area (Å²) in [4.78, 5) is 21.2. The second-order valence-electron chi connectivity index (χ2n) is 9.00. The van der Waals surface area contributed by atoms with Crippen LogP contribution in [0.1, 0.15) is 32.2 Å². The van der Waals surface area contributed by atoms with Crippen LogP contribution in [0.2, 0.25) is 0 Å². The van der Waals surface area contributed by atoms with Crippen molar-refractivity contribution in [2.75, 3.05) is 5.84 Å². The lowest BCUT2D eigenvalue weighted by molar-refractivity contribution is 0.590. The molecule has 0 aliphatic rings. The van der Waals surface area contributed by atoms with Crippen LogP contribution in [0.25, 0.3) is 32.7 Å². The van der Waals surface area contributed by atoms with E-state index < -0.39 is 0 Å². The Morgan fingerprint density at radius 1 is 1.03 bits per heavy atom. The number of nitrogen functional groups attached to an aromatic ring is 1. The van der Waals surface area contributed by atoms with E-state index in [0.29, 0.717) is 32.8 Å². The van der Waals surface area contributed by atoms with Crippen LogP contribution < -0.4 is 11.4 Å². The maximum Gasteiger partial charge on any atom is 0.260 e. The predicted octanol–water partition coefficient (Wildman–Crippen LogP) is 5.21. The summed E-state index contributed by atoms with van der Waals surface area (Å²) < 4.78 is 1.48. The highest BCUT2D eigenvalue weighted by Gasteiger charge is 2.17. The Labute approximate surface area is 205 Å². The molecule has 0 fully saturated rings. The highest BCUT2D eigenvalue weighted by atomic mass is 32.2. The number of nitrogens with zero attached hydrogens (tertiary/aromatic N) is 4. The van der Waals surface area contributed by atoms with E-state index in [9.17, 15) is 4.79 Å². The van der Waals surface area contributed by atoms with Crippen molar-refractivity contribution in [3.8, 4) is 22.5 Å². The molecule has 5 rings (SSSR count). The normalized spacial score (nSPS) is 11.9. The van der Waals surface area contributed by atoms with Crippen molar-refractivity contribution in [2.45, 2.75) is 37.1 Å². The Morgan fingerprint density at radius 3 is 2.47 bits per heavy atom. The summed E-state index contributed by atoms with van der Waals surface area (Å²) in [7, 11) is 0. The topological polar surface area (TPSA) is 102 Å². The molecule has 0 aliphatic carbocycles. The van der Waals surface area contributed by atoms with Gasteiger partial charge in [0.1, 0.15) is 10.7 Å². The highest BCUT2D eigenvalue weighted by Crippen LogP contribution is 2.31. The number of hydrogen-bond donors (Lipinski definition) is 2. The molecule has 0 amide bonds. The largest absolute Gasteiger partial charge is 0.335 e. The molecule has 0 aliphatic heterocycles. The van der Waals surface area contributed by atoms with E-state index in [1.54, 1.807) is 0 Å². The lowest BCUT2D eigenvalue weighted by Crippen LogP contribution is -2.13. The molecule has 0 atom stereocenters. The molecule has 0 radical (unpaired) electrons. The number of rotatable bonds is 5. The number of aromatic amines is 1. The number of H-pyrrole nitrogens is 1. The van der Waals surface area contributed by atoms with Crippen LogP contribution in [0, 0.1) is 0 Å². The minimum Gasteiger partial charge on any atom is -0.335 e. The Morgan fingerprint density at radius 2 is 1.76 bits per heavy atom. The first-order chi connectivity index (χ1) is 16.3. The first-order valence-corrected chi connectivity index (χ1v) is 12.7. The maximum atomic E-state index is 12.9. The number of thiophene rings is 1. The van der Waals surface area contributed by atoms with Crippen LogP contribution in [-0.4, -0.2) is 24.8 Å². The molecule has 3 heterocycles. The quantitative estimate of drug-likeness (QED) is 0.260. The number of aromatic nitrogens is 5. The van der Waals surface area contributed by atoms with Crippen molar-refractivity contribution >= 4 is 33.3 Å². The summed E-state index contributed by atoms with van der Waals surface area (Å²) >= 11 is 2.85. The molecule has 0 saturated heterocycles. The van der Waals surface area contributed by atoms with Crippen LogP contribution in [0.3, 0.4) is 0 Å². The number of nitrogens with two attached hydrogens (primary N) is 1. The van der Waals surface area contributed by atoms with Crippen LogP contribution in [-0.2, 0) is 11.2 Å². The molecule has 0 spiro atoms. The van der Waals surface area contributed by atoms with E-state index in [1.165, 1.54) is 33.3 Å². The molecule has 3 N–H and O–H groups in total. The van der Waals surface area contributed by atoms with Gasteiger partial charge in [-0.1, -0.05) is 87.1 Å². The second kappa shape index (κ2) is 8.73. The first kappa shape index (κ1) is 22.4. The van der Waals surface area contributed by atoms with E-state index in [1.807, 2.05) is 47.8 Å². The molecule has 0 unspecified atom stereocenters. The van der Waals surface area contributed by atoms with E-state index >= 15 is 0 Å². The van der Waals surface area contributed by atoms with Gasteiger partial charge in [-0.15, -0.1) is 21.5 Å². The summed E-state index contributed by atoms with van der Waals surface area (Å²) in [6, 6.07) is 18.1. The van der Waals surface area contributed by atoms with Crippen molar-refractivity contribution in [3.05, 3.63) is 81.7 Å². The fraction of sp³-hybridized carbons (Fsp3) is 0.200. The number of fused-ring (bicyclic) bond motifs is 1. The van der Waals surface area contributed by atoms with Crippen molar-refractivity contribution in [1.29, 1.82) is 0 Å². The van der Waals surface area contributed by atoms with Gasteiger partial charge in [0.25, 0.3) is 5.56 Å². The monoisotopic (exact) mass is 488 g/mol. The third kappa shape index (κ3) is 4.24. The van der Waals surface area contributed by atoms with E-state index in [4.69, 9.17) is 5.84 Å². The molecule has 5 aromatic rings. The van der Waals surface area contributed by atoms with Crippen molar-refractivity contribution in [1.82, 2.24) is 24.8 Å². The molecular formula is C25H24N6OS2. The number of benzene rings is 2. The molecule has 34 heavy (non-hydrogen) atoms. The molecule has 7 nitrogen and oxygen atoms in total. The predicted molar refractivity (Wildman–Crippen MR) is 140 cm³/mol. The summed E-state index contributed by atoms with van der Waals surface area (Å²) in [6.45, 7) is 6.53. The zero-order chi connectivity index (χ0) is 23.9. The van der Waals surface area contributed by atoms with Gasteiger partial charge < -0.3 is 10.8 Å². The molecule has 3 aromatic heterocycles. The Hall–Kier alpha value is -3.43. The lowest BCUT2D eigenvalue weighted by Gasteiger charge is -2.19. The van der Waals surface area contributed by atoms with Gasteiger partial charge in [0.15, 0.2) is 5.82 Å². The van der Waals surface area contributed by atoms with E-state index in [0.717, 1.165) is 16.7 Å². The average Bonchev–Trinajstić information content (AvgIpc) is 3.42. The maximum absolute atomic E-state index is 12.9. The Bertz CT molecular complexity index is 1510. The Balaban J connectivity index is 1.36. The molecule has 0 bridgehead atoms. The van der Waals surface area contributed by atoms with Gasteiger partial charge in [-0.2, -0.15) is 0 Å². The Kier molecular flexibility index (Phi) is 5.75. The number of hydrogen-bond acceptors (Lipinski definition) is 7. The summed E-state index contributed by atoms with van der Waals surface area (Å²) in [5, 5.41) is 11.7. The highest BCUT2D eigenvalue weighted by molar-refractivity contribution is 7.98. The van der Waals surface area contributed by atoms with Crippen LogP contribution >= 0.6 is 23.1 Å². The van der Waals surface area contributed by atoms with Gasteiger partial charge in [0, 0.05) is 16.5 Å². The molecule has 172 valence electrons. The van der Waals surface area contributed by atoms with Crippen molar-refractivity contribution < 1.29 is 0 Å². The second-order valence-corrected chi connectivity index (χ2v) is 10.8. The third-order valence-electron chi connectivity index (χ3n) is 5.59. The summed E-state index contributed by atoms with van der Waals surface area (Å²) in [5.74, 6) is 7.87. The smallest absolute Gasteiger partial charge is 0.260 e.